The van der Waals surface area contributed by atoms with Crippen LogP contribution in [0.4, 0.5) is 5.69 Å². The standard InChI is InChI=1S/C14H17BrN2OS/c1-17(2)11-4-3-5-12(7-11)18-13(8-16)14-6-10(15)9-19-14/h3-7,9,13H,8,16H2,1-2H3. The molecule has 1 aromatic carbocycles. The summed E-state index contributed by atoms with van der Waals surface area (Å²) in [5.74, 6) is 0.839. The molecule has 102 valence electrons. The van der Waals surface area contributed by atoms with Gasteiger partial charge in [-0.1, -0.05) is 6.07 Å². The van der Waals surface area contributed by atoms with E-state index in [0.717, 1.165) is 20.8 Å². The minimum Gasteiger partial charge on any atom is -0.483 e. The fourth-order valence-corrected chi connectivity index (χ4v) is 3.21. The van der Waals surface area contributed by atoms with Crippen molar-refractivity contribution in [1.82, 2.24) is 0 Å². The maximum absolute atomic E-state index is 5.99. The zero-order chi connectivity index (χ0) is 13.8. The van der Waals surface area contributed by atoms with Gasteiger partial charge in [0.05, 0.1) is 0 Å². The van der Waals surface area contributed by atoms with E-state index in [2.05, 4.69) is 22.0 Å². The Morgan fingerprint density at radius 3 is 2.74 bits per heavy atom. The van der Waals surface area contributed by atoms with E-state index < -0.39 is 0 Å². The Balaban J connectivity index is 2.16. The predicted octanol–water partition coefficient (Wildman–Crippen LogP) is 3.66. The second-order valence-electron chi connectivity index (χ2n) is 4.40. The summed E-state index contributed by atoms with van der Waals surface area (Å²) < 4.78 is 7.06. The van der Waals surface area contributed by atoms with Gasteiger partial charge in [0, 0.05) is 47.1 Å². The van der Waals surface area contributed by atoms with Crippen molar-refractivity contribution in [2.24, 2.45) is 5.73 Å². The predicted molar refractivity (Wildman–Crippen MR) is 85.2 cm³/mol. The van der Waals surface area contributed by atoms with Gasteiger partial charge in [-0.3, -0.25) is 0 Å². The van der Waals surface area contributed by atoms with Gasteiger partial charge < -0.3 is 15.4 Å². The molecule has 0 radical (unpaired) electrons. The molecule has 0 bridgehead atoms. The molecular weight excluding hydrogens is 324 g/mol. The lowest BCUT2D eigenvalue weighted by molar-refractivity contribution is 0.218. The molecule has 2 N–H and O–H groups in total. The fourth-order valence-electron chi connectivity index (χ4n) is 1.72. The lowest BCUT2D eigenvalue weighted by atomic mass is 10.2. The van der Waals surface area contributed by atoms with Crippen LogP contribution < -0.4 is 15.4 Å². The van der Waals surface area contributed by atoms with Crippen molar-refractivity contribution >= 4 is 33.0 Å². The molecule has 19 heavy (non-hydrogen) atoms. The molecule has 0 saturated heterocycles. The zero-order valence-electron chi connectivity index (χ0n) is 11.0. The van der Waals surface area contributed by atoms with E-state index in [9.17, 15) is 0 Å². The average Bonchev–Trinajstić information content (AvgIpc) is 2.83. The second-order valence-corrected chi connectivity index (χ2v) is 6.26. The van der Waals surface area contributed by atoms with E-state index in [1.807, 2.05) is 48.6 Å². The number of nitrogens with zero attached hydrogens (tertiary/aromatic N) is 1. The molecule has 0 fully saturated rings. The molecule has 1 aromatic heterocycles. The third-order valence-electron chi connectivity index (χ3n) is 2.73. The number of anilines is 1. The van der Waals surface area contributed by atoms with Crippen LogP contribution in [0, 0.1) is 0 Å². The second kappa shape index (κ2) is 6.41. The molecule has 0 aliphatic rings. The number of hydrogen-bond donors (Lipinski definition) is 1. The van der Waals surface area contributed by atoms with Gasteiger partial charge >= 0.3 is 0 Å². The van der Waals surface area contributed by atoms with Gasteiger partial charge in [0.25, 0.3) is 0 Å². The molecule has 5 heteroatoms. The highest BCUT2D eigenvalue weighted by Gasteiger charge is 2.14. The minimum absolute atomic E-state index is 0.103. The summed E-state index contributed by atoms with van der Waals surface area (Å²) in [5.41, 5.74) is 6.93. The molecule has 1 heterocycles. The number of ether oxygens (including phenoxy) is 1. The molecule has 0 spiro atoms. The van der Waals surface area contributed by atoms with Crippen molar-refractivity contribution in [2.75, 3.05) is 25.5 Å². The largest absolute Gasteiger partial charge is 0.483 e. The van der Waals surface area contributed by atoms with Gasteiger partial charge in [-0.2, -0.15) is 0 Å². The molecule has 0 amide bonds. The van der Waals surface area contributed by atoms with Crippen LogP contribution in [0.3, 0.4) is 0 Å². The lowest BCUT2D eigenvalue weighted by Gasteiger charge is -2.18. The van der Waals surface area contributed by atoms with E-state index >= 15 is 0 Å². The molecular formula is C14H17BrN2OS. The monoisotopic (exact) mass is 340 g/mol. The highest BCUT2D eigenvalue weighted by molar-refractivity contribution is 9.10. The van der Waals surface area contributed by atoms with Crippen LogP contribution in [0.25, 0.3) is 0 Å². The quantitative estimate of drug-likeness (QED) is 0.902. The molecule has 0 saturated carbocycles. The van der Waals surface area contributed by atoms with Crippen LogP contribution in [0.2, 0.25) is 0 Å². The van der Waals surface area contributed by atoms with Crippen molar-refractivity contribution in [2.45, 2.75) is 6.10 Å². The van der Waals surface area contributed by atoms with Gasteiger partial charge in [-0.05, 0) is 34.1 Å². The van der Waals surface area contributed by atoms with Crippen LogP contribution in [0.1, 0.15) is 11.0 Å². The molecule has 2 aromatic rings. The SMILES string of the molecule is CN(C)c1cccc(OC(CN)c2cc(Br)cs2)c1. The van der Waals surface area contributed by atoms with E-state index in [0.29, 0.717) is 6.54 Å². The highest BCUT2D eigenvalue weighted by Crippen LogP contribution is 2.30. The molecule has 1 unspecified atom stereocenters. The molecule has 3 nitrogen and oxygen atoms in total. The fraction of sp³-hybridized carbons (Fsp3) is 0.286. The molecule has 0 aliphatic carbocycles. The van der Waals surface area contributed by atoms with Crippen molar-refractivity contribution < 1.29 is 4.74 Å². The van der Waals surface area contributed by atoms with Crippen molar-refractivity contribution in [3.05, 3.63) is 45.1 Å². The van der Waals surface area contributed by atoms with E-state index in [1.54, 1.807) is 11.3 Å². The first-order valence-corrected chi connectivity index (χ1v) is 7.65. The van der Waals surface area contributed by atoms with E-state index in [4.69, 9.17) is 10.5 Å². The van der Waals surface area contributed by atoms with Gasteiger partial charge in [-0.25, -0.2) is 0 Å². The summed E-state index contributed by atoms with van der Waals surface area (Å²) >= 11 is 5.10. The number of thiophene rings is 1. The summed E-state index contributed by atoms with van der Waals surface area (Å²) in [6.45, 7) is 0.457. The Morgan fingerprint density at radius 2 is 2.16 bits per heavy atom. The van der Waals surface area contributed by atoms with Gasteiger partial charge in [0.15, 0.2) is 0 Å². The maximum Gasteiger partial charge on any atom is 0.145 e. The zero-order valence-corrected chi connectivity index (χ0v) is 13.4. The highest BCUT2D eigenvalue weighted by atomic mass is 79.9. The summed E-state index contributed by atoms with van der Waals surface area (Å²) in [5, 5.41) is 2.04. The molecule has 0 aliphatic heterocycles. The first-order valence-electron chi connectivity index (χ1n) is 5.98. The summed E-state index contributed by atoms with van der Waals surface area (Å²) in [7, 11) is 4.02. The number of halogens is 1. The summed E-state index contributed by atoms with van der Waals surface area (Å²) in [6.07, 6.45) is -0.103. The summed E-state index contributed by atoms with van der Waals surface area (Å²) in [6, 6.07) is 10.1. The Labute approximate surface area is 126 Å². The van der Waals surface area contributed by atoms with Gasteiger partial charge in [0.1, 0.15) is 11.9 Å². The average molecular weight is 341 g/mol. The third kappa shape index (κ3) is 3.72. The number of nitrogens with two attached hydrogens (primary N) is 1. The minimum atomic E-state index is -0.103. The van der Waals surface area contributed by atoms with Crippen molar-refractivity contribution in [3.63, 3.8) is 0 Å². The Kier molecular flexibility index (Phi) is 4.85. The van der Waals surface area contributed by atoms with Crippen LogP contribution in [-0.4, -0.2) is 20.6 Å². The van der Waals surface area contributed by atoms with Gasteiger partial charge in [-0.15, -0.1) is 11.3 Å². The van der Waals surface area contributed by atoms with E-state index in [-0.39, 0.29) is 6.10 Å². The summed E-state index contributed by atoms with van der Waals surface area (Å²) in [4.78, 5) is 3.18. The van der Waals surface area contributed by atoms with E-state index in [1.165, 1.54) is 0 Å². The van der Waals surface area contributed by atoms with Crippen LogP contribution in [0.15, 0.2) is 40.2 Å². The number of benzene rings is 1. The first-order chi connectivity index (χ1) is 9.10. The van der Waals surface area contributed by atoms with Crippen LogP contribution in [0.5, 0.6) is 5.75 Å². The van der Waals surface area contributed by atoms with Crippen LogP contribution in [-0.2, 0) is 0 Å². The normalized spacial score (nSPS) is 12.2. The van der Waals surface area contributed by atoms with Crippen LogP contribution >= 0.6 is 27.3 Å². The lowest BCUT2D eigenvalue weighted by Crippen LogP contribution is -2.17. The van der Waals surface area contributed by atoms with Crippen molar-refractivity contribution in [3.8, 4) is 5.75 Å². The maximum atomic E-state index is 5.99. The Morgan fingerprint density at radius 1 is 1.37 bits per heavy atom. The molecule has 1 atom stereocenters. The van der Waals surface area contributed by atoms with Crippen molar-refractivity contribution in [1.29, 1.82) is 0 Å². The molecule has 2 rings (SSSR count). The third-order valence-corrected chi connectivity index (χ3v) is 4.52. The number of rotatable bonds is 5. The number of hydrogen-bond acceptors (Lipinski definition) is 4. The smallest absolute Gasteiger partial charge is 0.145 e. The topological polar surface area (TPSA) is 38.5 Å². The first kappa shape index (κ1) is 14.4. The van der Waals surface area contributed by atoms with Gasteiger partial charge in [0.2, 0.25) is 0 Å². The Bertz CT molecular complexity index is 542. The Hall–Kier alpha value is -1.04.